The molecule has 0 bridgehead atoms. The molecule has 0 saturated heterocycles. The van der Waals surface area contributed by atoms with Gasteiger partial charge in [0, 0.05) is 18.7 Å². The van der Waals surface area contributed by atoms with E-state index in [9.17, 15) is 18.0 Å². The van der Waals surface area contributed by atoms with Gasteiger partial charge in [0.2, 0.25) is 0 Å². The van der Waals surface area contributed by atoms with Gasteiger partial charge in [-0.2, -0.15) is 18.3 Å². The summed E-state index contributed by atoms with van der Waals surface area (Å²) >= 11 is 0. The first kappa shape index (κ1) is 16.3. The van der Waals surface area contributed by atoms with Gasteiger partial charge in [-0.25, -0.2) is 5.10 Å². The van der Waals surface area contributed by atoms with E-state index in [1.165, 1.54) is 4.90 Å². The number of hydrogen-bond acceptors (Lipinski definition) is 5. The Morgan fingerprint density at radius 1 is 1.33 bits per heavy atom. The molecule has 1 aromatic carbocycles. The number of aromatic nitrogens is 2. The van der Waals surface area contributed by atoms with Crippen LogP contribution >= 0.6 is 0 Å². The number of nitrogens with zero attached hydrogens (tertiary/aromatic N) is 2. The van der Waals surface area contributed by atoms with Crippen LogP contribution in [0.25, 0.3) is 0 Å². The normalized spacial score (nSPS) is 13.9. The Morgan fingerprint density at radius 3 is 2.83 bits per heavy atom. The Morgan fingerprint density at radius 2 is 2.12 bits per heavy atom. The van der Waals surface area contributed by atoms with E-state index < -0.39 is 17.3 Å². The van der Waals surface area contributed by atoms with Gasteiger partial charge in [0.25, 0.3) is 5.56 Å². The fraction of sp³-hybridized carbons (Fsp3) is 0.333. The second-order valence-corrected chi connectivity index (χ2v) is 5.28. The Kier molecular flexibility index (Phi) is 4.18. The van der Waals surface area contributed by atoms with Crippen LogP contribution in [0.15, 0.2) is 29.2 Å². The summed E-state index contributed by atoms with van der Waals surface area (Å²) in [6.07, 6.45) is -3.78. The van der Waals surface area contributed by atoms with Crippen LogP contribution in [0.4, 0.5) is 18.9 Å². The third-order valence-corrected chi connectivity index (χ3v) is 3.75. The van der Waals surface area contributed by atoms with E-state index in [-0.39, 0.29) is 32.0 Å². The Hall–Kier alpha value is -2.55. The summed E-state index contributed by atoms with van der Waals surface area (Å²) in [5, 5.41) is 14.2. The Labute approximate surface area is 134 Å². The molecular weight excluding hydrogens is 327 g/mol. The lowest BCUT2D eigenvalue weighted by Gasteiger charge is -2.21. The van der Waals surface area contributed by atoms with Crippen LogP contribution in [-0.2, 0) is 19.3 Å². The predicted molar refractivity (Wildman–Crippen MR) is 78.8 cm³/mol. The number of alkyl halides is 3. The van der Waals surface area contributed by atoms with Gasteiger partial charge in [0.15, 0.2) is 0 Å². The minimum Gasteiger partial charge on any atom is -0.491 e. The van der Waals surface area contributed by atoms with Gasteiger partial charge in [0.1, 0.15) is 17.9 Å². The molecule has 1 aliphatic heterocycles. The third kappa shape index (κ3) is 2.94. The fourth-order valence-corrected chi connectivity index (χ4v) is 2.75. The molecule has 0 unspecified atom stereocenters. The highest BCUT2D eigenvalue weighted by molar-refractivity contribution is 5.58. The number of fused-ring (bicyclic) bond motifs is 1. The molecule has 0 aliphatic carbocycles. The number of rotatable bonds is 4. The summed E-state index contributed by atoms with van der Waals surface area (Å²) < 4.78 is 45.1. The van der Waals surface area contributed by atoms with Gasteiger partial charge in [-0.15, -0.1) is 0 Å². The van der Waals surface area contributed by atoms with Crippen LogP contribution < -0.4 is 15.2 Å². The molecule has 1 aromatic heterocycles. The van der Waals surface area contributed by atoms with Gasteiger partial charge in [-0.05, 0) is 11.6 Å². The average molecular weight is 341 g/mol. The van der Waals surface area contributed by atoms with Gasteiger partial charge >= 0.3 is 6.18 Å². The monoisotopic (exact) mass is 341 g/mol. The minimum atomic E-state index is -4.78. The summed E-state index contributed by atoms with van der Waals surface area (Å²) in [5.74, 6) is 0.510. The molecule has 2 heterocycles. The molecule has 0 radical (unpaired) electrons. The van der Waals surface area contributed by atoms with E-state index in [4.69, 9.17) is 9.84 Å². The van der Waals surface area contributed by atoms with E-state index in [1.54, 1.807) is 18.2 Å². The van der Waals surface area contributed by atoms with Crippen molar-refractivity contribution in [2.45, 2.75) is 19.3 Å². The molecule has 0 saturated carbocycles. The Balaban J connectivity index is 1.97. The first-order valence-corrected chi connectivity index (χ1v) is 7.16. The van der Waals surface area contributed by atoms with Crippen LogP contribution in [0.3, 0.4) is 0 Å². The second-order valence-electron chi connectivity index (χ2n) is 5.28. The quantitative estimate of drug-likeness (QED) is 0.885. The van der Waals surface area contributed by atoms with Crippen molar-refractivity contribution in [2.24, 2.45) is 0 Å². The minimum absolute atomic E-state index is 0.0941. The second kappa shape index (κ2) is 6.16. The molecule has 0 atom stereocenters. The molecule has 6 nitrogen and oxygen atoms in total. The van der Waals surface area contributed by atoms with Crippen molar-refractivity contribution < 1.29 is 23.0 Å². The van der Waals surface area contributed by atoms with E-state index in [1.807, 2.05) is 5.10 Å². The van der Waals surface area contributed by atoms with Crippen molar-refractivity contribution in [3.63, 3.8) is 0 Å². The standard InChI is InChI=1S/C15H14F3N3O3/c16-15(17,18)13-11(6-19-20-14(13)23)21-7-9-2-1-3-12(10(9)8-21)24-5-4-22/h1-3,6,22H,4-5,7-8H2,(H,20,23). The smallest absolute Gasteiger partial charge is 0.423 e. The Bertz CT molecular complexity index is 805. The van der Waals surface area contributed by atoms with Crippen LogP contribution in [0.5, 0.6) is 5.75 Å². The highest BCUT2D eigenvalue weighted by Crippen LogP contribution is 2.38. The van der Waals surface area contributed by atoms with Crippen LogP contribution in [0.2, 0.25) is 0 Å². The van der Waals surface area contributed by atoms with Gasteiger partial charge in [0.05, 0.1) is 18.5 Å². The number of aliphatic hydroxyl groups excluding tert-OH is 1. The van der Waals surface area contributed by atoms with Gasteiger partial charge < -0.3 is 14.7 Å². The van der Waals surface area contributed by atoms with Crippen molar-refractivity contribution in [1.82, 2.24) is 10.2 Å². The number of aromatic amines is 1. The molecule has 2 aromatic rings. The number of H-pyrrole nitrogens is 1. The highest BCUT2D eigenvalue weighted by atomic mass is 19.4. The zero-order valence-electron chi connectivity index (χ0n) is 12.4. The number of anilines is 1. The van der Waals surface area contributed by atoms with Crippen LogP contribution in [-0.4, -0.2) is 28.5 Å². The van der Waals surface area contributed by atoms with E-state index in [0.717, 1.165) is 17.3 Å². The number of nitrogens with one attached hydrogen (secondary N) is 1. The number of benzene rings is 1. The molecule has 9 heteroatoms. The SMILES string of the molecule is O=c1[nH]ncc(N2Cc3cccc(OCCO)c3C2)c1C(F)(F)F. The fourth-order valence-electron chi connectivity index (χ4n) is 2.75. The molecule has 0 amide bonds. The zero-order valence-corrected chi connectivity index (χ0v) is 12.4. The van der Waals surface area contributed by atoms with Crippen molar-refractivity contribution in [3.8, 4) is 5.75 Å². The summed E-state index contributed by atoms with van der Waals surface area (Å²) in [4.78, 5) is 13.0. The maximum absolute atomic E-state index is 13.2. The number of halogens is 3. The average Bonchev–Trinajstić information content (AvgIpc) is 2.96. The largest absolute Gasteiger partial charge is 0.491 e. The molecule has 1 aliphatic rings. The van der Waals surface area contributed by atoms with E-state index in [2.05, 4.69) is 5.10 Å². The molecule has 128 valence electrons. The topological polar surface area (TPSA) is 78.5 Å². The van der Waals surface area contributed by atoms with E-state index >= 15 is 0 Å². The third-order valence-electron chi connectivity index (χ3n) is 3.75. The first-order valence-electron chi connectivity index (χ1n) is 7.16. The van der Waals surface area contributed by atoms with Crippen molar-refractivity contribution in [2.75, 3.05) is 18.1 Å². The summed E-state index contributed by atoms with van der Waals surface area (Å²) in [7, 11) is 0. The van der Waals surface area contributed by atoms with Gasteiger partial charge in [-0.3, -0.25) is 4.79 Å². The maximum atomic E-state index is 13.2. The van der Waals surface area contributed by atoms with E-state index in [0.29, 0.717) is 5.75 Å². The molecule has 3 rings (SSSR count). The maximum Gasteiger partial charge on any atom is 0.423 e. The molecule has 2 N–H and O–H groups in total. The lowest BCUT2D eigenvalue weighted by atomic mass is 10.1. The first-order chi connectivity index (χ1) is 11.4. The molecule has 0 fully saturated rings. The number of ether oxygens (including phenoxy) is 1. The summed E-state index contributed by atoms with van der Waals surface area (Å²) in [6, 6.07) is 5.21. The number of aliphatic hydroxyl groups is 1. The van der Waals surface area contributed by atoms with Crippen LogP contribution in [0, 0.1) is 0 Å². The molecule has 0 spiro atoms. The van der Waals surface area contributed by atoms with Crippen molar-refractivity contribution in [1.29, 1.82) is 0 Å². The molecular formula is C15H14F3N3O3. The lowest BCUT2D eigenvalue weighted by Crippen LogP contribution is -2.28. The summed E-state index contributed by atoms with van der Waals surface area (Å²) in [6.45, 7) is 0.297. The van der Waals surface area contributed by atoms with Gasteiger partial charge in [-0.1, -0.05) is 12.1 Å². The predicted octanol–water partition coefficient (Wildman–Crippen LogP) is 1.68. The zero-order chi connectivity index (χ0) is 17.3. The summed E-state index contributed by atoms with van der Waals surface area (Å²) in [5.41, 5.74) is -1.26. The van der Waals surface area contributed by atoms with Crippen LogP contribution in [0.1, 0.15) is 16.7 Å². The van der Waals surface area contributed by atoms with Crippen molar-refractivity contribution >= 4 is 5.69 Å². The molecule has 24 heavy (non-hydrogen) atoms. The lowest BCUT2D eigenvalue weighted by molar-refractivity contribution is -0.138. The van der Waals surface area contributed by atoms with Crippen molar-refractivity contribution in [3.05, 3.63) is 51.4 Å². The highest BCUT2D eigenvalue weighted by Gasteiger charge is 2.39. The number of hydrogen-bond donors (Lipinski definition) is 2.